The highest BCUT2D eigenvalue weighted by Crippen LogP contribution is 2.33. The molecule has 1 aliphatic carbocycles. The van der Waals surface area contributed by atoms with Gasteiger partial charge in [0.2, 0.25) is 5.91 Å². The van der Waals surface area contributed by atoms with Crippen LogP contribution in [0.15, 0.2) is 48.5 Å². The number of carbonyl (C=O) groups is 2. The van der Waals surface area contributed by atoms with Crippen molar-refractivity contribution >= 4 is 23.4 Å². The fourth-order valence-electron chi connectivity index (χ4n) is 4.14. The van der Waals surface area contributed by atoms with Crippen molar-refractivity contribution in [2.24, 2.45) is 0 Å². The zero-order valence-corrected chi connectivity index (χ0v) is 16.0. The lowest BCUT2D eigenvalue weighted by molar-refractivity contribution is -0.134. The normalized spacial score (nSPS) is 19.5. The first kappa shape index (κ1) is 18.1. The summed E-state index contributed by atoms with van der Waals surface area (Å²) in [5, 5.41) is 0.620. The summed E-state index contributed by atoms with van der Waals surface area (Å²) in [6.45, 7) is 2.33. The van der Waals surface area contributed by atoms with E-state index in [4.69, 9.17) is 11.6 Å². The van der Waals surface area contributed by atoms with Crippen molar-refractivity contribution < 1.29 is 9.59 Å². The Kier molecular flexibility index (Phi) is 5.17. The predicted molar refractivity (Wildman–Crippen MR) is 106 cm³/mol. The number of benzene rings is 2. The monoisotopic (exact) mass is 382 g/mol. The molecule has 0 bridgehead atoms. The Morgan fingerprint density at radius 1 is 0.889 bits per heavy atom. The third kappa shape index (κ3) is 3.72. The topological polar surface area (TPSA) is 40.6 Å². The molecule has 2 aromatic carbocycles. The number of hydrogen-bond acceptors (Lipinski definition) is 2. The fraction of sp³-hybridized carbons (Fsp3) is 0.364. The molecule has 0 N–H and O–H groups in total. The van der Waals surface area contributed by atoms with Gasteiger partial charge in [-0.1, -0.05) is 35.9 Å². The van der Waals surface area contributed by atoms with E-state index in [1.54, 1.807) is 24.3 Å². The summed E-state index contributed by atoms with van der Waals surface area (Å²) in [7, 11) is 0. The molecule has 140 valence electrons. The van der Waals surface area contributed by atoms with Crippen LogP contribution in [0.3, 0.4) is 0 Å². The maximum absolute atomic E-state index is 13.1. The third-order valence-corrected chi connectivity index (χ3v) is 5.89. The average molecular weight is 383 g/mol. The number of piperazine rings is 1. The quantitative estimate of drug-likeness (QED) is 0.793. The third-order valence-electron chi connectivity index (χ3n) is 5.64. The molecule has 1 unspecified atom stereocenters. The number of aryl methyl sites for hydroxylation is 1. The van der Waals surface area contributed by atoms with Gasteiger partial charge in [0, 0.05) is 36.8 Å². The van der Waals surface area contributed by atoms with Crippen LogP contribution in [0.4, 0.5) is 0 Å². The van der Waals surface area contributed by atoms with Gasteiger partial charge in [0.05, 0.1) is 5.92 Å². The minimum atomic E-state index is -0.0338. The Balaban J connectivity index is 1.40. The van der Waals surface area contributed by atoms with Crippen LogP contribution in [0.2, 0.25) is 5.02 Å². The molecule has 1 aliphatic heterocycles. The van der Waals surface area contributed by atoms with Crippen molar-refractivity contribution in [3.05, 3.63) is 70.2 Å². The van der Waals surface area contributed by atoms with E-state index in [0.717, 1.165) is 19.3 Å². The van der Waals surface area contributed by atoms with Crippen LogP contribution < -0.4 is 0 Å². The van der Waals surface area contributed by atoms with E-state index < -0.39 is 0 Å². The van der Waals surface area contributed by atoms with E-state index >= 15 is 0 Å². The molecule has 0 radical (unpaired) electrons. The van der Waals surface area contributed by atoms with Gasteiger partial charge in [-0.2, -0.15) is 0 Å². The van der Waals surface area contributed by atoms with Gasteiger partial charge in [0.1, 0.15) is 0 Å². The Labute approximate surface area is 164 Å². The molecule has 0 saturated carbocycles. The van der Waals surface area contributed by atoms with E-state index in [1.807, 2.05) is 21.9 Å². The molecule has 1 saturated heterocycles. The molecule has 4 rings (SSSR count). The molecule has 2 aliphatic rings. The van der Waals surface area contributed by atoms with Gasteiger partial charge >= 0.3 is 0 Å². The van der Waals surface area contributed by atoms with Crippen LogP contribution in [-0.2, 0) is 11.2 Å². The molecular formula is C22H23ClN2O2. The van der Waals surface area contributed by atoms with Crippen molar-refractivity contribution in [1.29, 1.82) is 0 Å². The van der Waals surface area contributed by atoms with E-state index in [1.165, 1.54) is 11.1 Å². The van der Waals surface area contributed by atoms with Crippen molar-refractivity contribution in [3.63, 3.8) is 0 Å². The number of fused-ring (bicyclic) bond motifs is 1. The van der Waals surface area contributed by atoms with Gasteiger partial charge in [-0.15, -0.1) is 0 Å². The summed E-state index contributed by atoms with van der Waals surface area (Å²) >= 11 is 5.90. The van der Waals surface area contributed by atoms with Crippen LogP contribution >= 0.6 is 11.6 Å². The molecule has 4 nitrogen and oxygen atoms in total. The second-order valence-corrected chi connectivity index (χ2v) is 7.70. The second-order valence-electron chi connectivity index (χ2n) is 7.27. The van der Waals surface area contributed by atoms with Crippen LogP contribution in [-0.4, -0.2) is 47.8 Å². The average Bonchev–Trinajstić information content (AvgIpc) is 2.73. The predicted octanol–water partition coefficient (Wildman–Crippen LogP) is 3.74. The number of nitrogens with zero attached hydrogens (tertiary/aromatic N) is 2. The smallest absolute Gasteiger partial charge is 0.253 e. The SMILES string of the molecule is O=C(c1ccc(Cl)cc1)N1CCN(C(=O)C2CCCc3ccccc32)CC1. The first-order chi connectivity index (χ1) is 13.1. The van der Waals surface area contributed by atoms with E-state index in [0.29, 0.717) is 36.8 Å². The van der Waals surface area contributed by atoms with Crippen LogP contribution in [0.5, 0.6) is 0 Å². The number of rotatable bonds is 2. The summed E-state index contributed by atoms with van der Waals surface area (Å²) in [6.07, 6.45) is 3.03. The van der Waals surface area contributed by atoms with Crippen molar-refractivity contribution in [2.45, 2.75) is 25.2 Å². The molecule has 1 fully saturated rings. The number of halogens is 1. The van der Waals surface area contributed by atoms with Gasteiger partial charge in [-0.3, -0.25) is 9.59 Å². The summed E-state index contributed by atoms with van der Waals surface area (Å²) in [4.78, 5) is 29.5. The number of amides is 2. The largest absolute Gasteiger partial charge is 0.339 e. The van der Waals surface area contributed by atoms with E-state index in [2.05, 4.69) is 12.1 Å². The molecular weight excluding hydrogens is 360 g/mol. The fourth-order valence-corrected chi connectivity index (χ4v) is 4.26. The zero-order chi connectivity index (χ0) is 18.8. The lowest BCUT2D eigenvalue weighted by atomic mass is 9.82. The Hall–Kier alpha value is -2.33. The molecule has 2 aromatic rings. The second kappa shape index (κ2) is 7.73. The van der Waals surface area contributed by atoms with Gasteiger partial charge in [-0.05, 0) is 54.7 Å². The van der Waals surface area contributed by atoms with E-state index in [9.17, 15) is 9.59 Å². The molecule has 0 aromatic heterocycles. The summed E-state index contributed by atoms with van der Waals surface area (Å²) < 4.78 is 0. The Bertz CT molecular complexity index is 842. The van der Waals surface area contributed by atoms with Crippen molar-refractivity contribution in [3.8, 4) is 0 Å². The summed E-state index contributed by atoms with van der Waals surface area (Å²) in [6, 6.07) is 15.3. The lowest BCUT2D eigenvalue weighted by Gasteiger charge is -2.37. The zero-order valence-electron chi connectivity index (χ0n) is 15.2. The standard InChI is InChI=1S/C22H23ClN2O2/c23-18-10-8-17(9-11-18)21(26)24-12-14-25(15-13-24)22(27)20-7-3-5-16-4-1-2-6-19(16)20/h1-2,4,6,8-11,20H,3,5,7,12-15H2. The molecule has 5 heteroatoms. The minimum Gasteiger partial charge on any atom is -0.339 e. The Morgan fingerprint density at radius 3 is 2.30 bits per heavy atom. The highest BCUT2D eigenvalue weighted by molar-refractivity contribution is 6.30. The molecule has 0 spiro atoms. The van der Waals surface area contributed by atoms with Crippen LogP contribution in [0, 0.1) is 0 Å². The van der Waals surface area contributed by atoms with Crippen LogP contribution in [0.1, 0.15) is 40.2 Å². The first-order valence-corrected chi connectivity index (χ1v) is 9.93. The van der Waals surface area contributed by atoms with Gasteiger partial charge < -0.3 is 9.80 Å². The van der Waals surface area contributed by atoms with Gasteiger partial charge in [0.15, 0.2) is 0 Å². The number of carbonyl (C=O) groups excluding carboxylic acids is 2. The van der Waals surface area contributed by atoms with Crippen molar-refractivity contribution in [2.75, 3.05) is 26.2 Å². The molecule has 1 atom stereocenters. The van der Waals surface area contributed by atoms with Crippen molar-refractivity contribution in [1.82, 2.24) is 9.80 Å². The maximum Gasteiger partial charge on any atom is 0.253 e. The highest BCUT2D eigenvalue weighted by atomic mass is 35.5. The maximum atomic E-state index is 13.1. The molecule has 27 heavy (non-hydrogen) atoms. The lowest BCUT2D eigenvalue weighted by Crippen LogP contribution is -2.51. The van der Waals surface area contributed by atoms with Crippen LogP contribution in [0.25, 0.3) is 0 Å². The van der Waals surface area contributed by atoms with E-state index in [-0.39, 0.29) is 17.7 Å². The first-order valence-electron chi connectivity index (χ1n) is 9.55. The highest BCUT2D eigenvalue weighted by Gasteiger charge is 2.32. The summed E-state index contributed by atoms with van der Waals surface area (Å²) in [5.74, 6) is 0.177. The molecule has 1 heterocycles. The van der Waals surface area contributed by atoms with Gasteiger partial charge in [0.25, 0.3) is 5.91 Å². The molecule has 2 amide bonds. The van der Waals surface area contributed by atoms with Gasteiger partial charge in [-0.25, -0.2) is 0 Å². The Morgan fingerprint density at radius 2 is 1.56 bits per heavy atom. The minimum absolute atomic E-state index is 0.00165. The number of hydrogen-bond donors (Lipinski definition) is 0. The summed E-state index contributed by atoms with van der Waals surface area (Å²) in [5.41, 5.74) is 3.13.